The molecule has 106 valence electrons. The summed E-state index contributed by atoms with van der Waals surface area (Å²) in [5.41, 5.74) is 0. The second kappa shape index (κ2) is 5.95. The van der Waals surface area contributed by atoms with Crippen molar-refractivity contribution in [2.24, 2.45) is 11.8 Å². The first-order valence-corrected chi connectivity index (χ1v) is 8.06. The second-order valence-corrected chi connectivity index (χ2v) is 6.65. The summed E-state index contributed by atoms with van der Waals surface area (Å²) in [4.78, 5) is 28.4. The Morgan fingerprint density at radius 3 is 2.60 bits per heavy atom. The average molecular weight is 290 g/mol. The summed E-state index contributed by atoms with van der Waals surface area (Å²) >= 11 is 1.42. The first-order chi connectivity index (χ1) is 9.75. The van der Waals surface area contributed by atoms with Gasteiger partial charge in [0.2, 0.25) is 11.8 Å². The molecule has 1 N–H and O–H groups in total. The first kappa shape index (κ1) is 13.6. The van der Waals surface area contributed by atoms with Crippen molar-refractivity contribution in [2.75, 3.05) is 0 Å². The van der Waals surface area contributed by atoms with Crippen molar-refractivity contribution >= 4 is 23.6 Å². The molecule has 1 aliphatic carbocycles. The summed E-state index contributed by atoms with van der Waals surface area (Å²) in [5, 5.41) is 3.00. The number of nitrogens with zero attached hydrogens (tertiary/aromatic N) is 1. The van der Waals surface area contributed by atoms with Crippen molar-refractivity contribution in [3.05, 3.63) is 24.4 Å². The maximum Gasteiger partial charge on any atom is 0.240 e. The molecule has 1 aliphatic heterocycles. The molecule has 3 rings (SSSR count). The predicted octanol–water partition coefficient (Wildman–Crippen LogP) is 2.40. The molecular weight excluding hydrogens is 272 g/mol. The van der Waals surface area contributed by atoms with Crippen LogP contribution in [0, 0.1) is 11.8 Å². The van der Waals surface area contributed by atoms with Crippen LogP contribution in [0.1, 0.15) is 32.1 Å². The van der Waals surface area contributed by atoms with Crippen LogP contribution in [0.25, 0.3) is 0 Å². The third-order valence-electron chi connectivity index (χ3n) is 4.18. The lowest BCUT2D eigenvalue weighted by Gasteiger charge is -2.28. The summed E-state index contributed by atoms with van der Waals surface area (Å²) < 4.78 is 0. The number of amides is 2. The van der Waals surface area contributed by atoms with Gasteiger partial charge in [-0.25, -0.2) is 4.98 Å². The molecule has 0 unspecified atom stereocenters. The number of hydrogen-bond donors (Lipinski definition) is 1. The van der Waals surface area contributed by atoms with E-state index in [4.69, 9.17) is 0 Å². The lowest BCUT2D eigenvalue weighted by Crippen LogP contribution is -2.30. The standard InChI is InChI=1S/C15H18N2O2S/c18-14-12(10-6-2-1-3-7-10)13(15(19)17-14)20-11-8-4-5-9-16-11/h4-5,8-10,12-13H,1-3,6-7H2,(H,17,18,19)/t12-,13-/m1/s1. The highest BCUT2D eigenvalue weighted by Gasteiger charge is 2.46. The molecule has 1 saturated heterocycles. The van der Waals surface area contributed by atoms with Crippen LogP contribution in [0.5, 0.6) is 0 Å². The Bertz CT molecular complexity index is 500. The van der Waals surface area contributed by atoms with Gasteiger partial charge in [0.05, 0.1) is 10.9 Å². The summed E-state index contributed by atoms with van der Waals surface area (Å²) in [5.74, 6) is -0.0808. The van der Waals surface area contributed by atoms with E-state index < -0.39 is 0 Å². The zero-order valence-electron chi connectivity index (χ0n) is 11.2. The smallest absolute Gasteiger partial charge is 0.240 e. The van der Waals surface area contributed by atoms with Crippen LogP contribution in [0.4, 0.5) is 0 Å². The normalized spacial score (nSPS) is 27.6. The van der Waals surface area contributed by atoms with Gasteiger partial charge in [0.1, 0.15) is 5.25 Å². The summed E-state index contributed by atoms with van der Waals surface area (Å²) in [7, 11) is 0. The molecule has 4 nitrogen and oxygen atoms in total. The van der Waals surface area contributed by atoms with Gasteiger partial charge in [0.15, 0.2) is 0 Å². The Kier molecular flexibility index (Phi) is 4.05. The number of imide groups is 1. The highest BCUT2D eigenvalue weighted by Crippen LogP contribution is 2.40. The molecule has 0 bridgehead atoms. The Morgan fingerprint density at radius 1 is 1.10 bits per heavy atom. The third kappa shape index (κ3) is 2.73. The van der Waals surface area contributed by atoms with Gasteiger partial charge in [-0.3, -0.25) is 14.9 Å². The SMILES string of the molecule is O=C1NC(=O)[C@H](Sc2ccccn2)[C@H]1C1CCCCC1. The van der Waals surface area contributed by atoms with E-state index in [1.165, 1.54) is 31.0 Å². The van der Waals surface area contributed by atoms with Crippen molar-refractivity contribution < 1.29 is 9.59 Å². The van der Waals surface area contributed by atoms with E-state index in [1.807, 2.05) is 18.2 Å². The van der Waals surface area contributed by atoms with E-state index in [2.05, 4.69) is 10.3 Å². The third-order valence-corrected chi connectivity index (χ3v) is 5.42. The molecule has 1 saturated carbocycles. The van der Waals surface area contributed by atoms with Gasteiger partial charge in [-0.2, -0.15) is 0 Å². The molecule has 2 aliphatic rings. The van der Waals surface area contributed by atoms with E-state index in [1.54, 1.807) is 6.20 Å². The van der Waals surface area contributed by atoms with Crippen molar-refractivity contribution in [3.63, 3.8) is 0 Å². The van der Waals surface area contributed by atoms with E-state index in [0.717, 1.165) is 17.9 Å². The van der Waals surface area contributed by atoms with Crippen LogP contribution in [-0.4, -0.2) is 22.0 Å². The highest BCUT2D eigenvalue weighted by molar-refractivity contribution is 8.00. The number of pyridine rings is 1. The van der Waals surface area contributed by atoms with Crippen LogP contribution < -0.4 is 5.32 Å². The van der Waals surface area contributed by atoms with Crippen LogP contribution in [0.15, 0.2) is 29.4 Å². The fourth-order valence-corrected chi connectivity index (χ4v) is 4.40. The number of hydrogen-bond acceptors (Lipinski definition) is 4. The number of thioether (sulfide) groups is 1. The number of nitrogens with one attached hydrogen (secondary N) is 1. The predicted molar refractivity (Wildman–Crippen MR) is 77.1 cm³/mol. The van der Waals surface area contributed by atoms with E-state index in [0.29, 0.717) is 5.92 Å². The maximum absolute atomic E-state index is 12.1. The molecule has 2 heterocycles. The summed E-state index contributed by atoms with van der Waals surface area (Å²) in [6, 6.07) is 5.64. The zero-order valence-corrected chi connectivity index (χ0v) is 12.1. The molecule has 1 aromatic rings. The Hall–Kier alpha value is -1.36. The van der Waals surface area contributed by atoms with Crippen LogP contribution >= 0.6 is 11.8 Å². The van der Waals surface area contributed by atoms with Gasteiger partial charge in [-0.1, -0.05) is 37.1 Å². The van der Waals surface area contributed by atoms with Crippen molar-refractivity contribution in [2.45, 2.75) is 42.4 Å². The fraction of sp³-hybridized carbons (Fsp3) is 0.533. The molecule has 1 aromatic heterocycles. The molecule has 5 heteroatoms. The topological polar surface area (TPSA) is 59.1 Å². The number of rotatable bonds is 3. The maximum atomic E-state index is 12.1. The van der Waals surface area contributed by atoms with Gasteiger partial charge in [-0.15, -0.1) is 0 Å². The quantitative estimate of drug-likeness (QED) is 0.868. The van der Waals surface area contributed by atoms with Crippen LogP contribution in [-0.2, 0) is 9.59 Å². The molecule has 2 fully saturated rings. The number of carbonyl (C=O) groups is 2. The Balaban J connectivity index is 1.78. The minimum atomic E-state index is -0.319. The second-order valence-electron chi connectivity index (χ2n) is 5.48. The minimum absolute atomic E-state index is 0.0877. The zero-order chi connectivity index (χ0) is 13.9. The van der Waals surface area contributed by atoms with Crippen LogP contribution in [0.2, 0.25) is 0 Å². The first-order valence-electron chi connectivity index (χ1n) is 7.18. The molecule has 0 spiro atoms. The van der Waals surface area contributed by atoms with E-state index in [9.17, 15) is 9.59 Å². The largest absolute Gasteiger partial charge is 0.295 e. The lowest BCUT2D eigenvalue weighted by molar-refractivity contribution is -0.126. The van der Waals surface area contributed by atoms with E-state index in [-0.39, 0.29) is 23.0 Å². The lowest BCUT2D eigenvalue weighted by atomic mass is 9.79. The van der Waals surface area contributed by atoms with Gasteiger partial charge in [0, 0.05) is 6.20 Å². The van der Waals surface area contributed by atoms with Crippen molar-refractivity contribution in [1.29, 1.82) is 0 Å². The molecular formula is C15H18N2O2S. The molecule has 2 amide bonds. The number of carbonyl (C=O) groups excluding carboxylic acids is 2. The molecule has 2 atom stereocenters. The molecule has 0 aromatic carbocycles. The van der Waals surface area contributed by atoms with Gasteiger partial charge >= 0.3 is 0 Å². The van der Waals surface area contributed by atoms with Crippen molar-refractivity contribution in [3.8, 4) is 0 Å². The van der Waals surface area contributed by atoms with E-state index >= 15 is 0 Å². The monoisotopic (exact) mass is 290 g/mol. The molecule has 0 radical (unpaired) electrons. The van der Waals surface area contributed by atoms with Gasteiger partial charge in [-0.05, 0) is 30.9 Å². The minimum Gasteiger partial charge on any atom is -0.295 e. The summed E-state index contributed by atoms with van der Waals surface area (Å²) in [6.45, 7) is 0. The van der Waals surface area contributed by atoms with Gasteiger partial charge in [0.25, 0.3) is 0 Å². The Labute approximate surface area is 122 Å². The van der Waals surface area contributed by atoms with Crippen LogP contribution in [0.3, 0.4) is 0 Å². The average Bonchev–Trinajstić information content (AvgIpc) is 2.75. The number of aromatic nitrogens is 1. The molecule has 20 heavy (non-hydrogen) atoms. The fourth-order valence-electron chi connectivity index (χ4n) is 3.20. The van der Waals surface area contributed by atoms with Gasteiger partial charge < -0.3 is 0 Å². The Morgan fingerprint density at radius 2 is 1.90 bits per heavy atom. The highest BCUT2D eigenvalue weighted by atomic mass is 32.2. The summed E-state index contributed by atoms with van der Waals surface area (Å²) in [6.07, 6.45) is 7.42. The van der Waals surface area contributed by atoms with Crippen molar-refractivity contribution in [1.82, 2.24) is 10.3 Å².